The number of amides is 3. The lowest BCUT2D eigenvalue weighted by molar-refractivity contribution is -0.120. The Hall–Kier alpha value is -4.30. The first-order valence-corrected chi connectivity index (χ1v) is 11.4. The number of hydrogen-bond donors (Lipinski definition) is 2. The highest BCUT2D eigenvalue weighted by Gasteiger charge is 2.40. The Morgan fingerprint density at radius 2 is 1.61 bits per heavy atom. The molecule has 3 amide bonds. The van der Waals surface area contributed by atoms with Gasteiger partial charge in [0.15, 0.2) is 0 Å². The van der Waals surface area contributed by atoms with Crippen LogP contribution in [-0.2, 0) is 9.59 Å². The van der Waals surface area contributed by atoms with Gasteiger partial charge in [0.25, 0.3) is 17.7 Å². The number of nitrogens with zero attached hydrogens (tertiary/aromatic N) is 1. The van der Waals surface area contributed by atoms with Gasteiger partial charge in [0.1, 0.15) is 22.2 Å². The smallest absolute Gasteiger partial charge is 0.283 e. The zero-order chi connectivity index (χ0) is 25.8. The van der Waals surface area contributed by atoms with Crippen molar-refractivity contribution >= 4 is 40.7 Å². The Morgan fingerprint density at radius 3 is 2.25 bits per heavy atom. The minimum Gasteiger partial charge on any atom is -0.497 e. The molecule has 0 radical (unpaired) electrons. The second-order valence-electron chi connectivity index (χ2n) is 7.98. The molecule has 0 aliphatic carbocycles. The Balaban J connectivity index is 1.48. The molecule has 1 atom stereocenters. The van der Waals surface area contributed by atoms with Crippen molar-refractivity contribution in [3.05, 3.63) is 94.7 Å². The van der Waals surface area contributed by atoms with E-state index in [1.165, 1.54) is 14.2 Å². The van der Waals surface area contributed by atoms with Gasteiger partial charge in [-0.1, -0.05) is 41.9 Å². The zero-order valence-electron chi connectivity index (χ0n) is 19.9. The lowest BCUT2D eigenvalue weighted by atomic mass is 10.1. The quantitative estimate of drug-likeness (QED) is 0.433. The van der Waals surface area contributed by atoms with E-state index >= 15 is 0 Å². The third-order valence-electron chi connectivity index (χ3n) is 5.72. The van der Waals surface area contributed by atoms with Crippen LogP contribution in [0.3, 0.4) is 0 Å². The summed E-state index contributed by atoms with van der Waals surface area (Å²) in [6.07, 6.45) is 0. The van der Waals surface area contributed by atoms with E-state index < -0.39 is 11.8 Å². The monoisotopic (exact) mass is 505 g/mol. The van der Waals surface area contributed by atoms with Crippen molar-refractivity contribution in [3.8, 4) is 11.5 Å². The minimum absolute atomic E-state index is 0.0746. The normalized spacial score (nSPS) is 14.1. The maximum absolute atomic E-state index is 13.1. The number of carbonyl (C=O) groups excluding carboxylic acids is 3. The predicted octanol–water partition coefficient (Wildman–Crippen LogP) is 4.63. The van der Waals surface area contributed by atoms with E-state index in [9.17, 15) is 14.4 Å². The summed E-state index contributed by atoms with van der Waals surface area (Å²) < 4.78 is 10.5. The van der Waals surface area contributed by atoms with Crippen LogP contribution in [0.1, 0.15) is 28.9 Å². The van der Waals surface area contributed by atoms with E-state index in [4.69, 9.17) is 21.1 Å². The minimum atomic E-state index is -0.682. The molecule has 1 aliphatic rings. The molecule has 2 N–H and O–H groups in total. The molecule has 3 aromatic rings. The highest BCUT2D eigenvalue weighted by atomic mass is 35.5. The maximum Gasteiger partial charge on any atom is 0.283 e. The van der Waals surface area contributed by atoms with Crippen LogP contribution in [-0.4, -0.2) is 31.9 Å². The van der Waals surface area contributed by atoms with Gasteiger partial charge < -0.3 is 20.1 Å². The van der Waals surface area contributed by atoms with Crippen molar-refractivity contribution in [2.24, 2.45) is 0 Å². The molecule has 9 heteroatoms. The van der Waals surface area contributed by atoms with Crippen LogP contribution >= 0.6 is 11.6 Å². The van der Waals surface area contributed by atoms with Gasteiger partial charge in [0.2, 0.25) is 0 Å². The summed E-state index contributed by atoms with van der Waals surface area (Å²) in [6.45, 7) is 1.91. The molecule has 0 spiro atoms. The third-order valence-corrected chi connectivity index (χ3v) is 6.07. The summed E-state index contributed by atoms with van der Waals surface area (Å²) in [5.41, 5.74) is 2.09. The van der Waals surface area contributed by atoms with Crippen LogP contribution in [0.15, 0.2) is 83.5 Å². The van der Waals surface area contributed by atoms with Crippen LogP contribution in [0.2, 0.25) is 0 Å². The fraction of sp³-hybridized carbons (Fsp3) is 0.148. The highest BCUT2D eigenvalue weighted by molar-refractivity contribution is 6.53. The van der Waals surface area contributed by atoms with Crippen molar-refractivity contribution in [2.75, 3.05) is 24.4 Å². The fourth-order valence-electron chi connectivity index (χ4n) is 3.75. The molecule has 4 rings (SSSR count). The first-order chi connectivity index (χ1) is 17.3. The molecular formula is C27H24ClN3O5. The molecule has 0 saturated carbocycles. The van der Waals surface area contributed by atoms with E-state index in [-0.39, 0.29) is 34.1 Å². The van der Waals surface area contributed by atoms with Crippen molar-refractivity contribution in [1.82, 2.24) is 5.32 Å². The highest BCUT2D eigenvalue weighted by Crippen LogP contribution is 2.37. The number of methoxy groups -OCH3 is 2. The first kappa shape index (κ1) is 24.8. The Bertz CT molecular complexity index is 1340. The van der Waals surface area contributed by atoms with Crippen LogP contribution in [0.5, 0.6) is 11.5 Å². The molecular weight excluding hydrogens is 482 g/mol. The molecule has 1 heterocycles. The molecule has 36 heavy (non-hydrogen) atoms. The Morgan fingerprint density at radius 1 is 0.917 bits per heavy atom. The topological polar surface area (TPSA) is 97.0 Å². The molecule has 1 unspecified atom stereocenters. The Labute approximate surface area is 213 Å². The third kappa shape index (κ3) is 4.89. The summed E-state index contributed by atoms with van der Waals surface area (Å²) in [7, 11) is 2.93. The van der Waals surface area contributed by atoms with Crippen molar-refractivity contribution in [3.63, 3.8) is 0 Å². The van der Waals surface area contributed by atoms with Crippen molar-refractivity contribution < 1.29 is 23.9 Å². The van der Waals surface area contributed by atoms with Crippen molar-refractivity contribution in [1.29, 1.82) is 0 Å². The van der Waals surface area contributed by atoms with Gasteiger partial charge in [-0.05, 0) is 48.9 Å². The predicted molar refractivity (Wildman–Crippen MR) is 137 cm³/mol. The van der Waals surface area contributed by atoms with Gasteiger partial charge in [-0.15, -0.1) is 0 Å². The average Bonchev–Trinajstić information content (AvgIpc) is 3.11. The van der Waals surface area contributed by atoms with E-state index in [0.29, 0.717) is 17.0 Å². The summed E-state index contributed by atoms with van der Waals surface area (Å²) in [5.74, 6) is -0.762. The number of halogens is 1. The average molecular weight is 506 g/mol. The molecule has 1 aliphatic heterocycles. The van der Waals surface area contributed by atoms with Gasteiger partial charge in [-0.2, -0.15) is 0 Å². The SMILES string of the molecule is COc1ccc(N2C(=O)C(Cl)=C(Nc3ccc(C(=O)NC(C)c4ccccc4)cc3)C2=O)c(OC)c1. The summed E-state index contributed by atoms with van der Waals surface area (Å²) in [6, 6.07) is 20.7. The number of nitrogens with one attached hydrogen (secondary N) is 2. The molecule has 0 fully saturated rings. The van der Waals surface area contributed by atoms with E-state index in [2.05, 4.69) is 10.6 Å². The lowest BCUT2D eigenvalue weighted by Crippen LogP contribution is -2.32. The summed E-state index contributed by atoms with van der Waals surface area (Å²) in [4.78, 5) is 39.6. The molecule has 3 aromatic carbocycles. The van der Waals surface area contributed by atoms with Gasteiger partial charge >= 0.3 is 0 Å². The van der Waals surface area contributed by atoms with Gasteiger partial charge in [-0.3, -0.25) is 14.4 Å². The number of carbonyl (C=O) groups is 3. The maximum atomic E-state index is 13.1. The van der Waals surface area contributed by atoms with Crippen LogP contribution in [0.25, 0.3) is 0 Å². The molecule has 184 valence electrons. The fourth-order valence-corrected chi connectivity index (χ4v) is 3.97. The van der Waals surface area contributed by atoms with Crippen LogP contribution in [0, 0.1) is 0 Å². The molecule has 0 bridgehead atoms. The second kappa shape index (κ2) is 10.5. The van der Waals surface area contributed by atoms with Gasteiger partial charge in [0.05, 0.1) is 25.9 Å². The number of rotatable bonds is 8. The second-order valence-corrected chi connectivity index (χ2v) is 8.36. The van der Waals surface area contributed by atoms with E-state index in [1.807, 2.05) is 37.3 Å². The molecule has 0 aromatic heterocycles. The lowest BCUT2D eigenvalue weighted by Gasteiger charge is -2.18. The van der Waals surface area contributed by atoms with Gasteiger partial charge in [-0.25, -0.2) is 4.90 Å². The number of benzene rings is 3. The standard InChI is InChI=1S/C27H24ClN3O5/c1-16(17-7-5-4-6-8-17)29-25(32)18-9-11-19(12-10-18)30-24-23(28)26(33)31(27(24)34)21-14-13-20(35-2)15-22(21)36-3/h4-16,30H,1-3H3,(H,29,32). The van der Waals surface area contributed by atoms with Crippen molar-refractivity contribution in [2.45, 2.75) is 13.0 Å². The van der Waals surface area contributed by atoms with Crippen LogP contribution < -0.4 is 25.0 Å². The Kier molecular flexibility index (Phi) is 7.26. The number of hydrogen-bond acceptors (Lipinski definition) is 6. The summed E-state index contributed by atoms with van der Waals surface area (Å²) in [5, 5.41) is 5.60. The zero-order valence-corrected chi connectivity index (χ0v) is 20.6. The molecule has 8 nitrogen and oxygen atoms in total. The van der Waals surface area contributed by atoms with Crippen LogP contribution in [0.4, 0.5) is 11.4 Å². The molecule has 0 saturated heterocycles. The van der Waals surface area contributed by atoms with E-state index in [0.717, 1.165) is 10.5 Å². The first-order valence-electron chi connectivity index (χ1n) is 11.1. The number of ether oxygens (including phenoxy) is 2. The number of imide groups is 1. The van der Waals surface area contributed by atoms with E-state index in [1.54, 1.807) is 42.5 Å². The number of anilines is 2. The largest absolute Gasteiger partial charge is 0.497 e. The summed E-state index contributed by atoms with van der Waals surface area (Å²) >= 11 is 6.24. The van der Waals surface area contributed by atoms with Gasteiger partial charge in [0, 0.05) is 17.3 Å².